The number of benzene rings is 1. The SMILES string of the molecule is CCN1CCN(C(=S)Nc2nnc(-c3ccccc3Cl)s2)CC1. The van der Waals surface area contributed by atoms with Gasteiger partial charge in [-0.15, -0.1) is 10.2 Å². The van der Waals surface area contributed by atoms with Gasteiger partial charge >= 0.3 is 0 Å². The summed E-state index contributed by atoms with van der Waals surface area (Å²) >= 11 is 13.1. The van der Waals surface area contributed by atoms with Crippen LogP contribution in [-0.2, 0) is 0 Å². The van der Waals surface area contributed by atoms with Crippen LogP contribution in [0.25, 0.3) is 10.6 Å². The lowest BCUT2D eigenvalue weighted by Gasteiger charge is -2.35. The van der Waals surface area contributed by atoms with Gasteiger partial charge in [-0.05, 0) is 24.8 Å². The average Bonchev–Trinajstić information content (AvgIpc) is 3.03. The number of nitrogens with one attached hydrogen (secondary N) is 1. The first-order valence-corrected chi connectivity index (χ1v) is 9.14. The minimum absolute atomic E-state index is 0.675. The van der Waals surface area contributed by atoms with Crippen LogP contribution in [0.4, 0.5) is 5.13 Å². The number of anilines is 1. The van der Waals surface area contributed by atoms with Crippen molar-refractivity contribution < 1.29 is 0 Å². The van der Waals surface area contributed by atoms with E-state index in [1.807, 2.05) is 24.3 Å². The first kappa shape index (κ1) is 16.6. The lowest BCUT2D eigenvalue weighted by molar-refractivity contribution is 0.191. The lowest BCUT2D eigenvalue weighted by atomic mass is 10.2. The first-order chi connectivity index (χ1) is 11.2. The molecule has 1 aliphatic rings. The molecule has 0 spiro atoms. The number of hydrogen-bond donors (Lipinski definition) is 1. The van der Waals surface area contributed by atoms with Crippen molar-refractivity contribution in [3.05, 3.63) is 29.3 Å². The van der Waals surface area contributed by atoms with Crippen LogP contribution in [0.3, 0.4) is 0 Å². The van der Waals surface area contributed by atoms with Gasteiger partial charge in [0.05, 0.1) is 5.02 Å². The van der Waals surface area contributed by atoms with Gasteiger partial charge in [-0.1, -0.05) is 48.1 Å². The van der Waals surface area contributed by atoms with E-state index < -0.39 is 0 Å². The van der Waals surface area contributed by atoms with Gasteiger partial charge in [0.25, 0.3) is 0 Å². The number of nitrogens with zero attached hydrogens (tertiary/aromatic N) is 4. The molecule has 2 aromatic rings. The maximum atomic E-state index is 6.20. The second kappa shape index (κ2) is 7.53. The molecule has 1 fully saturated rings. The molecule has 2 heterocycles. The summed E-state index contributed by atoms with van der Waals surface area (Å²) in [6, 6.07) is 7.63. The zero-order chi connectivity index (χ0) is 16.2. The van der Waals surface area contributed by atoms with E-state index in [-0.39, 0.29) is 0 Å². The van der Waals surface area contributed by atoms with E-state index in [0.717, 1.165) is 43.3 Å². The Balaban J connectivity index is 1.63. The van der Waals surface area contributed by atoms with Gasteiger partial charge in [-0.25, -0.2) is 0 Å². The molecule has 0 unspecified atom stereocenters. The highest BCUT2D eigenvalue weighted by atomic mass is 35.5. The van der Waals surface area contributed by atoms with E-state index in [1.165, 1.54) is 11.3 Å². The maximum Gasteiger partial charge on any atom is 0.212 e. The molecule has 1 aromatic heterocycles. The molecule has 122 valence electrons. The highest BCUT2D eigenvalue weighted by Gasteiger charge is 2.19. The molecule has 1 aliphatic heterocycles. The second-order valence-corrected chi connectivity index (χ2v) is 7.02. The average molecular weight is 368 g/mol. The summed E-state index contributed by atoms with van der Waals surface area (Å²) < 4.78 is 0. The Hall–Kier alpha value is -1.28. The van der Waals surface area contributed by atoms with Gasteiger partial charge in [-0.3, -0.25) is 0 Å². The molecule has 1 N–H and O–H groups in total. The number of aromatic nitrogens is 2. The van der Waals surface area contributed by atoms with Gasteiger partial charge in [0.15, 0.2) is 10.1 Å². The number of rotatable bonds is 3. The zero-order valence-electron chi connectivity index (χ0n) is 12.8. The largest absolute Gasteiger partial charge is 0.346 e. The predicted octanol–water partition coefficient (Wildman–Crippen LogP) is 3.19. The van der Waals surface area contributed by atoms with Gasteiger partial charge in [-0.2, -0.15) is 0 Å². The molecule has 0 aliphatic carbocycles. The number of halogens is 1. The van der Waals surface area contributed by atoms with Crippen LogP contribution in [0.5, 0.6) is 0 Å². The second-order valence-electron chi connectivity index (χ2n) is 5.24. The van der Waals surface area contributed by atoms with E-state index in [0.29, 0.717) is 15.3 Å². The third-order valence-electron chi connectivity index (χ3n) is 3.85. The van der Waals surface area contributed by atoms with Gasteiger partial charge in [0.1, 0.15) is 0 Å². The molecule has 5 nitrogen and oxygen atoms in total. The van der Waals surface area contributed by atoms with Crippen molar-refractivity contribution in [3.8, 4) is 10.6 Å². The summed E-state index contributed by atoms with van der Waals surface area (Å²) in [5, 5.41) is 14.4. The molecule has 8 heteroatoms. The fraction of sp³-hybridized carbons (Fsp3) is 0.400. The molecule has 3 rings (SSSR count). The first-order valence-electron chi connectivity index (χ1n) is 7.54. The lowest BCUT2D eigenvalue weighted by Crippen LogP contribution is -2.49. The van der Waals surface area contributed by atoms with Crippen molar-refractivity contribution in [2.75, 3.05) is 38.0 Å². The number of piperazine rings is 1. The third kappa shape index (κ3) is 3.98. The Morgan fingerprint density at radius 3 is 2.70 bits per heavy atom. The molecule has 23 heavy (non-hydrogen) atoms. The quantitative estimate of drug-likeness (QED) is 0.840. The Kier molecular flexibility index (Phi) is 5.42. The maximum absolute atomic E-state index is 6.20. The van der Waals surface area contributed by atoms with Crippen molar-refractivity contribution in [3.63, 3.8) is 0 Å². The summed E-state index contributed by atoms with van der Waals surface area (Å²) in [5.74, 6) is 0. The van der Waals surface area contributed by atoms with Crippen molar-refractivity contribution >= 4 is 45.4 Å². The molecule has 0 amide bonds. The molecular formula is C15H18ClN5S2. The Morgan fingerprint density at radius 2 is 2.00 bits per heavy atom. The predicted molar refractivity (Wildman–Crippen MR) is 100 cm³/mol. The van der Waals surface area contributed by atoms with E-state index in [9.17, 15) is 0 Å². The Bertz CT molecular complexity index is 682. The van der Waals surface area contributed by atoms with E-state index in [2.05, 4.69) is 32.2 Å². The van der Waals surface area contributed by atoms with Gasteiger partial charge in [0.2, 0.25) is 5.13 Å². The van der Waals surface area contributed by atoms with Crippen LogP contribution in [0.1, 0.15) is 6.92 Å². The molecule has 0 bridgehead atoms. The van der Waals surface area contributed by atoms with Crippen molar-refractivity contribution in [2.45, 2.75) is 6.92 Å². The van der Waals surface area contributed by atoms with E-state index in [1.54, 1.807) is 0 Å². The Morgan fingerprint density at radius 1 is 1.26 bits per heavy atom. The van der Waals surface area contributed by atoms with Crippen molar-refractivity contribution in [2.24, 2.45) is 0 Å². The Labute approximate surface area is 150 Å². The highest BCUT2D eigenvalue weighted by molar-refractivity contribution is 7.80. The number of likely N-dealkylation sites (N-methyl/N-ethyl adjacent to an activating group) is 1. The minimum Gasteiger partial charge on any atom is -0.346 e. The molecule has 0 saturated carbocycles. The monoisotopic (exact) mass is 367 g/mol. The minimum atomic E-state index is 0.675. The van der Waals surface area contributed by atoms with Crippen LogP contribution in [0, 0.1) is 0 Å². The summed E-state index contributed by atoms with van der Waals surface area (Å²) in [7, 11) is 0. The van der Waals surface area contributed by atoms with Gasteiger partial charge < -0.3 is 15.1 Å². The van der Waals surface area contributed by atoms with Crippen molar-refractivity contribution in [1.82, 2.24) is 20.0 Å². The summed E-state index contributed by atoms with van der Waals surface area (Å²) in [6.45, 7) is 7.24. The molecule has 1 aromatic carbocycles. The van der Waals surface area contributed by atoms with E-state index in [4.69, 9.17) is 23.8 Å². The third-order valence-corrected chi connectivity index (χ3v) is 5.41. The molecule has 0 atom stereocenters. The highest BCUT2D eigenvalue weighted by Crippen LogP contribution is 2.31. The molecular weight excluding hydrogens is 350 g/mol. The van der Waals surface area contributed by atoms with Crippen molar-refractivity contribution in [1.29, 1.82) is 0 Å². The number of hydrogen-bond acceptors (Lipinski definition) is 5. The summed E-state index contributed by atoms with van der Waals surface area (Å²) in [6.07, 6.45) is 0. The molecule has 0 radical (unpaired) electrons. The van der Waals surface area contributed by atoms with E-state index >= 15 is 0 Å². The summed E-state index contributed by atoms with van der Waals surface area (Å²) in [5.41, 5.74) is 0.891. The van der Waals surface area contributed by atoms with Crippen LogP contribution >= 0.6 is 35.2 Å². The topological polar surface area (TPSA) is 44.3 Å². The fourth-order valence-corrected chi connectivity index (χ4v) is 3.86. The fourth-order valence-electron chi connectivity index (χ4n) is 2.45. The normalized spacial score (nSPS) is 15.7. The zero-order valence-corrected chi connectivity index (χ0v) is 15.2. The van der Waals surface area contributed by atoms with Crippen LogP contribution in [0.2, 0.25) is 5.02 Å². The summed E-state index contributed by atoms with van der Waals surface area (Å²) in [4.78, 5) is 4.59. The van der Waals surface area contributed by atoms with Crippen LogP contribution in [-0.4, -0.2) is 57.8 Å². The van der Waals surface area contributed by atoms with Gasteiger partial charge in [0, 0.05) is 31.7 Å². The molecule has 1 saturated heterocycles. The van der Waals surface area contributed by atoms with Crippen LogP contribution < -0.4 is 5.32 Å². The van der Waals surface area contributed by atoms with Crippen LogP contribution in [0.15, 0.2) is 24.3 Å². The smallest absolute Gasteiger partial charge is 0.212 e. The standard InChI is InChI=1S/C15H18ClN5S2/c1-2-20-7-9-21(10-8-20)15(22)17-14-19-18-13(23-14)11-5-3-4-6-12(11)16/h3-6H,2,7-10H2,1H3,(H,17,19,22). The number of thiocarbonyl (C=S) groups is 1.